The van der Waals surface area contributed by atoms with E-state index in [1.165, 1.54) is 22.8 Å². The van der Waals surface area contributed by atoms with E-state index in [2.05, 4.69) is 30.8 Å². The Labute approximate surface area is 139 Å². The molecule has 0 unspecified atom stereocenters. The van der Waals surface area contributed by atoms with E-state index in [0.717, 1.165) is 24.1 Å². The van der Waals surface area contributed by atoms with Crippen LogP contribution in [-0.2, 0) is 6.42 Å². The van der Waals surface area contributed by atoms with Gasteiger partial charge in [-0.05, 0) is 54.7 Å². The Morgan fingerprint density at radius 1 is 0.958 bits per heavy atom. The number of nitriles is 1. The van der Waals surface area contributed by atoms with Gasteiger partial charge in [0.15, 0.2) is 6.07 Å². The summed E-state index contributed by atoms with van der Waals surface area (Å²) in [5, 5.41) is 8.36. The lowest BCUT2D eigenvalue weighted by Gasteiger charge is -2.00. The largest absolute Gasteiger partial charge is 0.205 e. The third-order valence-electron chi connectivity index (χ3n) is 3.65. The normalized spacial score (nSPS) is 11.3. The van der Waals surface area contributed by atoms with E-state index in [4.69, 9.17) is 5.26 Å². The van der Waals surface area contributed by atoms with Gasteiger partial charge in [0, 0.05) is 17.0 Å². The summed E-state index contributed by atoms with van der Waals surface area (Å²) < 4.78 is 27.7. The molecule has 0 aliphatic heterocycles. The molecule has 0 saturated heterocycles. The van der Waals surface area contributed by atoms with Gasteiger partial charge in [-0.25, -0.2) is 8.78 Å². The third kappa shape index (κ3) is 3.19. The number of fused-ring (bicyclic) bond motifs is 1. The van der Waals surface area contributed by atoms with E-state index < -0.39 is 17.2 Å². The minimum absolute atomic E-state index is 0.224. The highest BCUT2D eigenvalue weighted by atomic mass is 19.1. The van der Waals surface area contributed by atoms with Crippen LogP contribution in [0.25, 0.3) is 6.08 Å². The fourth-order valence-electron chi connectivity index (χ4n) is 2.59. The quantitative estimate of drug-likeness (QED) is 0.669. The molecule has 0 amide bonds. The minimum atomic E-state index is -0.823. The van der Waals surface area contributed by atoms with Crippen LogP contribution in [0.3, 0.4) is 0 Å². The van der Waals surface area contributed by atoms with Crippen LogP contribution in [0.5, 0.6) is 0 Å². The van der Waals surface area contributed by atoms with Gasteiger partial charge in [-0.2, -0.15) is 5.26 Å². The molecular formula is C21H11F2N. The number of rotatable bonds is 0. The molecule has 24 heavy (non-hydrogen) atoms. The van der Waals surface area contributed by atoms with Crippen molar-refractivity contribution in [2.24, 2.45) is 0 Å². The second kappa shape index (κ2) is 6.41. The first-order valence-electron chi connectivity index (χ1n) is 7.28. The molecule has 1 aliphatic carbocycles. The van der Waals surface area contributed by atoms with E-state index in [1.54, 1.807) is 0 Å². The zero-order valence-corrected chi connectivity index (χ0v) is 12.9. The third-order valence-corrected chi connectivity index (χ3v) is 3.65. The van der Waals surface area contributed by atoms with Crippen molar-refractivity contribution in [1.29, 1.82) is 5.26 Å². The Balaban J connectivity index is 1.90. The molecule has 0 bridgehead atoms. The van der Waals surface area contributed by atoms with Crippen molar-refractivity contribution in [2.45, 2.75) is 13.3 Å². The van der Waals surface area contributed by atoms with Gasteiger partial charge in [-0.3, -0.25) is 0 Å². The second-order valence-electron chi connectivity index (χ2n) is 5.51. The molecule has 0 atom stereocenters. The summed E-state index contributed by atoms with van der Waals surface area (Å²) in [6, 6.07) is 9.65. The molecule has 0 saturated carbocycles. The van der Waals surface area contributed by atoms with Gasteiger partial charge in [0.1, 0.15) is 11.6 Å². The summed E-state index contributed by atoms with van der Waals surface area (Å²) in [6.07, 6.45) is 3.04. The highest BCUT2D eigenvalue weighted by Crippen LogP contribution is 2.25. The Morgan fingerprint density at radius 2 is 1.67 bits per heavy atom. The summed E-state index contributed by atoms with van der Waals surface area (Å²) >= 11 is 0. The predicted octanol–water partition coefficient (Wildman–Crippen LogP) is 4.20. The summed E-state index contributed by atoms with van der Waals surface area (Å²) in [7, 11) is 0. The topological polar surface area (TPSA) is 23.8 Å². The Bertz CT molecular complexity index is 1010. The highest BCUT2D eigenvalue weighted by Gasteiger charge is 2.10. The fraction of sp³-hybridized carbons (Fsp3) is 0.0952. The lowest BCUT2D eigenvalue weighted by molar-refractivity contribution is 0.577. The molecule has 0 N–H and O–H groups in total. The van der Waals surface area contributed by atoms with Gasteiger partial charge in [0.05, 0.1) is 5.56 Å². The zero-order chi connectivity index (χ0) is 17.1. The molecule has 114 valence electrons. The van der Waals surface area contributed by atoms with Crippen molar-refractivity contribution in [3.8, 4) is 29.8 Å². The smallest absolute Gasteiger partial charge is 0.152 e. The lowest BCUT2D eigenvalue weighted by atomic mass is 10.0. The van der Waals surface area contributed by atoms with Crippen LogP contribution < -0.4 is 0 Å². The van der Waals surface area contributed by atoms with Crippen LogP contribution in [0.15, 0.2) is 35.9 Å². The molecule has 1 nitrogen and oxygen atoms in total. The van der Waals surface area contributed by atoms with Crippen molar-refractivity contribution in [2.75, 3.05) is 0 Å². The number of nitrogens with zero attached hydrogens (tertiary/aromatic N) is 1. The number of hydrogen-bond donors (Lipinski definition) is 0. The summed E-state index contributed by atoms with van der Waals surface area (Å²) in [5.41, 5.74) is 4.30. The molecule has 2 aromatic carbocycles. The molecule has 3 heteroatoms. The first kappa shape index (κ1) is 15.5. The second-order valence-corrected chi connectivity index (χ2v) is 5.51. The van der Waals surface area contributed by atoms with Crippen LogP contribution in [0.1, 0.15) is 34.7 Å². The Morgan fingerprint density at radius 3 is 2.38 bits per heavy atom. The lowest BCUT2D eigenvalue weighted by Crippen LogP contribution is -1.92. The van der Waals surface area contributed by atoms with Crippen LogP contribution in [-0.4, -0.2) is 0 Å². The number of allylic oxidation sites excluding steroid dienone is 1. The molecule has 1 aliphatic rings. The van der Waals surface area contributed by atoms with Crippen LogP contribution in [0.2, 0.25) is 0 Å². The monoisotopic (exact) mass is 315 g/mol. The fourth-order valence-corrected chi connectivity index (χ4v) is 2.59. The molecular weight excluding hydrogens is 304 g/mol. The van der Waals surface area contributed by atoms with Gasteiger partial charge in [0.25, 0.3) is 0 Å². The highest BCUT2D eigenvalue weighted by molar-refractivity contribution is 5.65. The molecule has 0 aromatic heterocycles. The minimum Gasteiger partial charge on any atom is -0.205 e. The van der Waals surface area contributed by atoms with E-state index in [1.807, 2.05) is 24.1 Å². The standard InChI is InChI=1S/C21H11F2N/c1-14-9-17-7-6-15(11-18(17)10-14)4-5-16-12-20(22)19(3-2-8-24)21(23)13-16/h6-7,9,11-13H,10H2,1H3. The van der Waals surface area contributed by atoms with Crippen molar-refractivity contribution in [3.63, 3.8) is 0 Å². The maximum atomic E-state index is 13.9. The molecule has 0 heterocycles. The number of benzene rings is 2. The molecule has 2 aromatic rings. The molecule has 3 rings (SSSR count). The van der Waals surface area contributed by atoms with Crippen molar-refractivity contribution >= 4 is 6.08 Å². The average molecular weight is 315 g/mol. The van der Waals surface area contributed by atoms with E-state index in [9.17, 15) is 8.78 Å². The van der Waals surface area contributed by atoms with E-state index in [-0.39, 0.29) is 5.56 Å². The van der Waals surface area contributed by atoms with Gasteiger partial charge < -0.3 is 0 Å². The molecule has 0 fully saturated rings. The molecule has 0 spiro atoms. The Hall–Kier alpha value is -3.35. The summed E-state index contributed by atoms with van der Waals surface area (Å²) in [6.45, 7) is 2.08. The van der Waals surface area contributed by atoms with Gasteiger partial charge in [-0.15, -0.1) is 0 Å². The van der Waals surface area contributed by atoms with Gasteiger partial charge in [-0.1, -0.05) is 29.6 Å². The SMILES string of the molecule is CC1=Cc2ccc(C#Cc3cc(F)c(C#CC#N)c(F)c3)cc2C1. The first-order valence-corrected chi connectivity index (χ1v) is 7.28. The maximum Gasteiger partial charge on any atom is 0.152 e. The van der Waals surface area contributed by atoms with Gasteiger partial charge >= 0.3 is 0 Å². The predicted molar refractivity (Wildman–Crippen MR) is 88.6 cm³/mol. The maximum absolute atomic E-state index is 13.9. The average Bonchev–Trinajstić information content (AvgIpc) is 2.91. The summed E-state index contributed by atoms with van der Waals surface area (Å²) in [4.78, 5) is 0. The zero-order valence-electron chi connectivity index (χ0n) is 12.9. The van der Waals surface area contributed by atoms with Crippen LogP contribution in [0, 0.1) is 46.6 Å². The van der Waals surface area contributed by atoms with Crippen molar-refractivity contribution in [3.05, 3.63) is 75.4 Å². The van der Waals surface area contributed by atoms with Gasteiger partial charge in [0.2, 0.25) is 0 Å². The number of hydrogen-bond acceptors (Lipinski definition) is 1. The molecule has 0 radical (unpaired) electrons. The van der Waals surface area contributed by atoms with Crippen LogP contribution >= 0.6 is 0 Å². The Kier molecular flexibility index (Phi) is 4.15. The van der Waals surface area contributed by atoms with Crippen molar-refractivity contribution in [1.82, 2.24) is 0 Å². The first-order chi connectivity index (χ1) is 11.6. The number of halogens is 2. The van der Waals surface area contributed by atoms with E-state index in [0.29, 0.717) is 0 Å². The summed E-state index contributed by atoms with van der Waals surface area (Å²) in [5.74, 6) is 8.18. The van der Waals surface area contributed by atoms with E-state index >= 15 is 0 Å². The van der Waals surface area contributed by atoms with Crippen LogP contribution in [0.4, 0.5) is 8.78 Å². The van der Waals surface area contributed by atoms with Crippen molar-refractivity contribution < 1.29 is 8.78 Å².